The van der Waals surface area contributed by atoms with E-state index in [4.69, 9.17) is 9.72 Å². The second-order valence-corrected chi connectivity index (χ2v) is 7.22. The highest BCUT2D eigenvalue weighted by molar-refractivity contribution is 5.41. The molecular formula is C20H27N5O. The van der Waals surface area contributed by atoms with Gasteiger partial charge in [-0.3, -0.25) is 4.98 Å². The van der Waals surface area contributed by atoms with Crippen LogP contribution in [0.5, 0.6) is 5.88 Å². The van der Waals surface area contributed by atoms with Crippen molar-refractivity contribution in [2.24, 2.45) is 0 Å². The van der Waals surface area contributed by atoms with Crippen LogP contribution in [0.3, 0.4) is 0 Å². The van der Waals surface area contributed by atoms with E-state index in [2.05, 4.69) is 32.8 Å². The van der Waals surface area contributed by atoms with Crippen molar-refractivity contribution in [2.75, 3.05) is 31.1 Å². The number of hydrogen-bond donors (Lipinski definition) is 0. The molecule has 0 unspecified atom stereocenters. The largest absolute Gasteiger partial charge is 0.478 e. The van der Waals surface area contributed by atoms with Crippen LogP contribution in [0.1, 0.15) is 37.4 Å². The minimum atomic E-state index is 0.731. The van der Waals surface area contributed by atoms with E-state index in [1.165, 1.54) is 24.9 Å². The third kappa shape index (κ3) is 3.96. The first kappa shape index (κ1) is 17.2. The number of rotatable bonds is 6. The van der Waals surface area contributed by atoms with Crippen LogP contribution in [0.15, 0.2) is 30.7 Å². The third-order valence-electron chi connectivity index (χ3n) is 5.43. The first-order valence-corrected chi connectivity index (χ1v) is 9.66. The Bertz CT molecular complexity index is 723. The van der Waals surface area contributed by atoms with Gasteiger partial charge in [-0.1, -0.05) is 6.07 Å². The van der Waals surface area contributed by atoms with Gasteiger partial charge in [-0.2, -0.15) is 0 Å². The molecule has 1 saturated heterocycles. The highest BCUT2D eigenvalue weighted by Gasteiger charge is 2.20. The lowest BCUT2D eigenvalue weighted by Gasteiger charge is -2.29. The molecule has 4 heterocycles. The Morgan fingerprint density at radius 1 is 1.23 bits per heavy atom. The molecule has 1 atom stereocenters. The summed E-state index contributed by atoms with van der Waals surface area (Å²) in [5.74, 6) is 1.68. The molecule has 26 heavy (non-hydrogen) atoms. The molecule has 0 radical (unpaired) electrons. The summed E-state index contributed by atoms with van der Waals surface area (Å²) in [5, 5.41) is 0. The van der Waals surface area contributed by atoms with Gasteiger partial charge in [0.15, 0.2) is 0 Å². The maximum atomic E-state index is 5.90. The van der Waals surface area contributed by atoms with Crippen molar-refractivity contribution < 1.29 is 4.74 Å². The standard InChI is InChI=1S/C20H27N5O/c1-16-4-2-10-24(16)11-3-13-26-20-6-5-17-15-25(12-7-18(17)23-20)19-14-21-8-9-22-19/h5-6,8-9,14,16H,2-4,7,10-13,15H2,1H3/t16-/m0/s1. The Morgan fingerprint density at radius 3 is 3.00 bits per heavy atom. The second kappa shape index (κ2) is 7.99. The number of aromatic nitrogens is 3. The number of likely N-dealkylation sites (tertiary alicyclic amines) is 1. The molecule has 6 heteroatoms. The van der Waals surface area contributed by atoms with Crippen LogP contribution < -0.4 is 9.64 Å². The number of ether oxygens (including phenoxy) is 1. The smallest absolute Gasteiger partial charge is 0.213 e. The van der Waals surface area contributed by atoms with E-state index in [0.717, 1.165) is 62.5 Å². The number of anilines is 1. The van der Waals surface area contributed by atoms with E-state index in [1.54, 1.807) is 12.4 Å². The van der Waals surface area contributed by atoms with Crippen LogP contribution in [0, 0.1) is 0 Å². The minimum absolute atomic E-state index is 0.731. The molecule has 0 aliphatic carbocycles. The van der Waals surface area contributed by atoms with Gasteiger partial charge in [0.2, 0.25) is 5.88 Å². The van der Waals surface area contributed by atoms with Crippen molar-refractivity contribution in [1.82, 2.24) is 19.9 Å². The van der Waals surface area contributed by atoms with Gasteiger partial charge in [0.1, 0.15) is 5.82 Å². The van der Waals surface area contributed by atoms with Crippen LogP contribution in [-0.2, 0) is 13.0 Å². The van der Waals surface area contributed by atoms with Crippen molar-refractivity contribution in [2.45, 2.75) is 45.2 Å². The molecule has 2 aromatic rings. The SMILES string of the molecule is C[C@H]1CCCN1CCCOc1ccc2c(n1)CCN(c1cnccn1)C2. The number of fused-ring (bicyclic) bond motifs is 1. The Hall–Kier alpha value is -2.21. The summed E-state index contributed by atoms with van der Waals surface area (Å²) in [6.07, 6.45) is 9.90. The highest BCUT2D eigenvalue weighted by atomic mass is 16.5. The first-order chi connectivity index (χ1) is 12.8. The van der Waals surface area contributed by atoms with E-state index < -0.39 is 0 Å². The first-order valence-electron chi connectivity index (χ1n) is 9.66. The maximum Gasteiger partial charge on any atom is 0.213 e. The number of nitrogens with zero attached hydrogens (tertiary/aromatic N) is 5. The van der Waals surface area contributed by atoms with Gasteiger partial charge >= 0.3 is 0 Å². The molecule has 0 spiro atoms. The normalized spacial score (nSPS) is 20.2. The Kier molecular flexibility index (Phi) is 5.29. The molecule has 1 fully saturated rings. The summed E-state index contributed by atoms with van der Waals surface area (Å²) in [6.45, 7) is 7.16. The van der Waals surface area contributed by atoms with E-state index in [1.807, 2.05) is 12.3 Å². The zero-order valence-electron chi connectivity index (χ0n) is 15.5. The predicted molar refractivity (Wildman–Crippen MR) is 101 cm³/mol. The lowest BCUT2D eigenvalue weighted by molar-refractivity contribution is 0.226. The van der Waals surface area contributed by atoms with Crippen molar-refractivity contribution in [1.29, 1.82) is 0 Å². The molecular weight excluding hydrogens is 326 g/mol. The van der Waals surface area contributed by atoms with Gasteiger partial charge in [0, 0.05) is 50.6 Å². The fraction of sp³-hybridized carbons (Fsp3) is 0.550. The van der Waals surface area contributed by atoms with Gasteiger partial charge in [0.05, 0.1) is 18.5 Å². The molecule has 0 bridgehead atoms. The molecule has 0 saturated carbocycles. The van der Waals surface area contributed by atoms with Crippen molar-refractivity contribution in [3.63, 3.8) is 0 Å². The monoisotopic (exact) mass is 353 g/mol. The topological polar surface area (TPSA) is 54.4 Å². The van der Waals surface area contributed by atoms with Crippen LogP contribution in [0.2, 0.25) is 0 Å². The summed E-state index contributed by atoms with van der Waals surface area (Å²) in [4.78, 5) is 18.1. The molecule has 6 nitrogen and oxygen atoms in total. The quantitative estimate of drug-likeness (QED) is 0.744. The van der Waals surface area contributed by atoms with E-state index in [-0.39, 0.29) is 0 Å². The lowest BCUT2D eigenvalue weighted by Crippen LogP contribution is -2.31. The molecule has 138 valence electrons. The van der Waals surface area contributed by atoms with Crippen LogP contribution in [0.25, 0.3) is 0 Å². The van der Waals surface area contributed by atoms with Crippen LogP contribution in [0.4, 0.5) is 5.82 Å². The van der Waals surface area contributed by atoms with Gasteiger partial charge in [0.25, 0.3) is 0 Å². The van der Waals surface area contributed by atoms with Crippen molar-refractivity contribution in [3.05, 3.63) is 42.0 Å². The predicted octanol–water partition coefficient (Wildman–Crippen LogP) is 2.69. The average molecular weight is 353 g/mol. The Morgan fingerprint density at radius 2 is 2.19 bits per heavy atom. The van der Waals surface area contributed by atoms with Gasteiger partial charge in [-0.05, 0) is 38.3 Å². The summed E-state index contributed by atoms with van der Waals surface area (Å²) in [5.41, 5.74) is 2.40. The van der Waals surface area contributed by atoms with E-state index in [9.17, 15) is 0 Å². The maximum absolute atomic E-state index is 5.90. The number of pyridine rings is 1. The summed E-state index contributed by atoms with van der Waals surface area (Å²) in [7, 11) is 0. The minimum Gasteiger partial charge on any atom is -0.478 e. The molecule has 0 N–H and O–H groups in total. The lowest BCUT2D eigenvalue weighted by atomic mass is 10.1. The zero-order chi connectivity index (χ0) is 17.8. The fourth-order valence-corrected chi connectivity index (χ4v) is 3.90. The highest BCUT2D eigenvalue weighted by Crippen LogP contribution is 2.23. The zero-order valence-corrected chi connectivity index (χ0v) is 15.5. The van der Waals surface area contributed by atoms with Gasteiger partial charge in [-0.25, -0.2) is 9.97 Å². The molecule has 2 aliphatic rings. The van der Waals surface area contributed by atoms with Crippen LogP contribution in [-0.4, -0.2) is 52.1 Å². The third-order valence-corrected chi connectivity index (χ3v) is 5.43. The summed E-state index contributed by atoms with van der Waals surface area (Å²) in [6, 6.07) is 4.87. The molecule has 4 rings (SSSR count). The Balaban J connectivity index is 1.29. The molecule has 2 aliphatic heterocycles. The van der Waals surface area contributed by atoms with Crippen molar-refractivity contribution in [3.8, 4) is 5.88 Å². The number of hydrogen-bond acceptors (Lipinski definition) is 6. The molecule has 0 amide bonds. The Labute approximate surface area is 155 Å². The van der Waals surface area contributed by atoms with E-state index in [0.29, 0.717) is 0 Å². The van der Waals surface area contributed by atoms with Gasteiger partial charge in [-0.15, -0.1) is 0 Å². The summed E-state index contributed by atoms with van der Waals surface area (Å²) >= 11 is 0. The second-order valence-electron chi connectivity index (χ2n) is 7.22. The van der Waals surface area contributed by atoms with Gasteiger partial charge < -0.3 is 14.5 Å². The van der Waals surface area contributed by atoms with E-state index >= 15 is 0 Å². The van der Waals surface area contributed by atoms with Crippen LogP contribution >= 0.6 is 0 Å². The average Bonchev–Trinajstić information content (AvgIpc) is 3.10. The molecule has 0 aromatic carbocycles. The molecule has 2 aromatic heterocycles. The van der Waals surface area contributed by atoms with Crippen molar-refractivity contribution >= 4 is 5.82 Å². The summed E-state index contributed by atoms with van der Waals surface area (Å²) < 4.78 is 5.90. The fourth-order valence-electron chi connectivity index (χ4n) is 3.90.